The third kappa shape index (κ3) is 2.81. The standard InChI is InChI=1S/C12H21N3/c1-2-3-12-9-14-10-15(12)7-5-11-4-6-13-8-11/h9-11,13H,2-8H2,1H3. The van der Waals surface area contributed by atoms with Crippen LogP contribution in [0.15, 0.2) is 12.5 Å². The van der Waals surface area contributed by atoms with E-state index in [1.54, 1.807) is 0 Å². The summed E-state index contributed by atoms with van der Waals surface area (Å²) in [6, 6.07) is 0. The van der Waals surface area contributed by atoms with Crippen LogP contribution >= 0.6 is 0 Å². The summed E-state index contributed by atoms with van der Waals surface area (Å²) < 4.78 is 2.32. The maximum atomic E-state index is 4.23. The van der Waals surface area contributed by atoms with Crippen LogP contribution < -0.4 is 5.32 Å². The van der Waals surface area contributed by atoms with Crippen molar-refractivity contribution in [2.75, 3.05) is 13.1 Å². The quantitative estimate of drug-likeness (QED) is 0.798. The molecule has 0 aromatic carbocycles. The fourth-order valence-electron chi connectivity index (χ4n) is 2.30. The molecule has 1 N–H and O–H groups in total. The molecule has 1 aromatic heterocycles. The number of aryl methyl sites for hydroxylation is 2. The SMILES string of the molecule is CCCc1cncn1CCC1CCNC1. The minimum absolute atomic E-state index is 0.877. The van der Waals surface area contributed by atoms with Crippen LogP contribution in [0.2, 0.25) is 0 Å². The van der Waals surface area contributed by atoms with Crippen molar-refractivity contribution in [2.24, 2.45) is 5.92 Å². The van der Waals surface area contributed by atoms with E-state index in [-0.39, 0.29) is 0 Å². The number of imidazole rings is 1. The first-order valence-corrected chi connectivity index (χ1v) is 6.10. The van der Waals surface area contributed by atoms with Crippen LogP contribution in [0.25, 0.3) is 0 Å². The highest BCUT2D eigenvalue weighted by molar-refractivity contribution is 4.98. The topological polar surface area (TPSA) is 29.9 Å². The van der Waals surface area contributed by atoms with Crippen LogP contribution in [0.1, 0.15) is 31.9 Å². The number of hydrogen-bond donors (Lipinski definition) is 1. The lowest BCUT2D eigenvalue weighted by Gasteiger charge is -2.11. The van der Waals surface area contributed by atoms with E-state index < -0.39 is 0 Å². The van der Waals surface area contributed by atoms with Crippen LogP contribution in [0.4, 0.5) is 0 Å². The molecule has 3 heteroatoms. The van der Waals surface area contributed by atoms with Gasteiger partial charge in [-0.15, -0.1) is 0 Å². The van der Waals surface area contributed by atoms with Gasteiger partial charge in [0.15, 0.2) is 0 Å². The minimum Gasteiger partial charge on any atom is -0.335 e. The van der Waals surface area contributed by atoms with Gasteiger partial charge < -0.3 is 9.88 Å². The third-order valence-corrected chi connectivity index (χ3v) is 3.25. The zero-order valence-corrected chi connectivity index (χ0v) is 9.58. The molecule has 1 aliphatic heterocycles. The van der Waals surface area contributed by atoms with E-state index in [1.807, 2.05) is 12.5 Å². The van der Waals surface area contributed by atoms with E-state index in [0.29, 0.717) is 0 Å². The molecule has 1 aromatic rings. The first-order valence-electron chi connectivity index (χ1n) is 6.10. The van der Waals surface area contributed by atoms with Crippen LogP contribution in [0.3, 0.4) is 0 Å². The summed E-state index contributed by atoms with van der Waals surface area (Å²) in [4.78, 5) is 4.23. The lowest BCUT2D eigenvalue weighted by molar-refractivity contribution is 0.473. The zero-order valence-electron chi connectivity index (χ0n) is 9.58. The number of rotatable bonds is 5. The molecule has 0 saturated carbocycles. The highest BCUT2D eigenvalue weighted by atomic mass is 15.0. The Kier molecular flexibility index (Phi) is 3.78. The van der Waals surface area contributed by atoms with Gasteiger partial charge in [0.25, 0.3) is 0 Å². The molecule has 1 saturated heterocycles. The van der Waals surface area contributed by atoms with E-state index in [4.69, 9.17) is 0 Å². The van der Waals surface area contributed by atoms with Crippen LogP contribution in [0, 0.1) is 5.92 Å². The van der Waals surface area contributed by atoms with E-state index in [0.717, 1.165) is 18.9 Å². The molecule has 2 rings (SSSR count). The number of hydrogen-bond acceptors (Lipinski definition) is 2. The molecular weight excluding hydrogens is 186 g/mol. The smallest absolute Gasteiger partial charge is 0.0948 e. The van der Waals surface area contributed by atoms with Gasteiger partial charge >= 0.3 is 0 Å². The predicted octanol–water partition coefficient (Wildman–Crippen LogP) is 1.84. The van der Waals surface area contributed by atoms with Gasteiger partial charge in [0.2, 0.25) is 0 Å². The van der Waals surface area contributed by atoms with Gasteiger partial charge in [0.05, 0.1) is 6.33 Å². The molecular formula is C12H21N3. The van der Waals surface area contributed by atoms with Gasteiger partial charge in [-0.05, 0) is 38.3 Å². The second-order valence-electron chi connectivity index (χ2n) is 4.48. The second kappa shape index (κ2) is 5.31. The van der Waals surface area contributed by atoms with Crippen LogP contribution in [-0.4, -0.2) is 22.6 Å². The summed E-state index contributed by atoms with van der Waals surface area (Å²) in [5.74, 6) is 0.877. The van der Waals surface area contributed by atoms with E-state index in [2.05, 4.69) is 21.8 Å². The van der Waals surface area contributed by atoms with Gasteiger partial charge in [-0.25, -0.2) is 4.98 Å². The molecule has 3 nitrogen and oxygen atoms in total. The maximum Gasteiger partial charge on any atom is 0.0948 e. The molecule has 1 fully saturated rings. The van der Waals surface area contributed by atoms with Crippen molar-refractivity contribution >= 4 is 0 Å². The molecule has 0 amide bonds. The molecule has 0 bridgehead atoms. The normalized spacial score (nSPS) is 21.0. The fourth-order valence-corrected chi connectivity index (χ4v) is 2.30. The van der Waals surface area contributed by atoms with Crippen LogP contribution in [-0.2, 0) is 13.0 Å². The Morgan fingerprint density at radius 2 is 2.53 bits per heavy atom. The van der Waals surface area contributed by atoms with Crippen molar-refractivity contribution < 1.29 is 0 Å². The molecule has 0 aliphatic carbocycles. The van der Waals surface area contributed by atoms with Gasteiger partial charge in [-0.1, -0.05) is 13.3 Å². The van der Waals surface area contributed by atoms with Crippen molar-refractivity contribution in [1.82, 2.24) is 14.9 Å². The lowest BCUT2D eigenvalue weighted by Crippen LogP contribution is -2.11. The first kappa shape index (κ1) is 10.7. The van der Waals surface area contributed by atoms with E-state index in [1.165, 1.54) is 38.0 Å². The Morgan fingerprint density at radius 3 is 3.27 bits per heavy atom. The second-order valence-corrected chi connectivity index (χ2v) is 4.48. The average Bonchev–Trinajstić information content (AvgIpc) is 2.85. The highest BCUT2D eigenvalue weighted by Crippen LogP contribution is 2.14. The first-order chi connectivity index (χ1) is 7.40. The Labute approximate surface area is 91.9 Å². The van der Waals surface area contributed by atoms with Crippen molar-refractivity contribution in [2.45, 2.75) is 39.2 Å². The minimum atomic E-state index is 0.877. The Hall–Kier alpha value is -0.830. The van der Waals surface area contributed by atoms with Gasteiger partial charge in [0, 0.05) is 18.4 Å². The van der Waals surface area contributed by atoms with Crippen molar-refractivity contribution in [1.29, 1.82) is 0 Å². The molecule has 2 heterocycles. The molecule has 1 atom stereocenters. The van der Waals surface area contributed by atoms with Crippen molar-refractivity contribution in [3.05, 3.63) is 18.2 Å². The molecule has 0 radical (unpaired) electrons. The Balaban J connectivity index is 1.83. The van der Waals surface area contributed by atoms with E-state index in [9.17, 15) is 0 Å². The molecule has 1 aliphatic rings. The summed E-state index contributed by atoms with van der Waals surface area (Å²) in [5, 5.41) is 3.42. The summed E-state index contributed by atoms with van der Waals surface area (Å²) >= 11 is 0. The molecule has 15 heavy (non-hydrogen) atoms. The number of nitrogens with zero attached hydrogens (tertiary/aromatic N) is 2. The maximum absolute atomic E-state index is 4.23. The molecule has 1 unspecified atom stereocenters. The largest absolute Gasteiger partial charge is 0.335 e. The van der Waals surface area contributed by atoms with Crippen molar-refractivity contribution in [3.63, 3.8) is 0 Å². The Bertz CT molecular complexity index is 287. The van der Waals surface area contributed by atoms with Gasteiger partial charge in [-0.2, -0.15) is 0 Å². The third-order valence-electron chi connectivity index (χ3n) is 3.25. The summed E-state index contributed by atoms with van der Waals surface area (Å²) in [6.07, 6.45) is 8.99. The summed E-state index contributed by atoms with van der Waals surface area (Å²) in [7, 11) is 0. The monoisotopic (exact) mass is 207 g/mol. The molecule has 84 valence electrons. The molecule has 0 spiro atoms. The van der Waals surface area contributed by atoms with E-state index >= 15 is 0 Å². The zero-order chi connectivity index (χ0) is 10.5. The Morgan fingerprint density at radius 1 is 1.60 bits per heavy atom. The number of aromatic nitrogens is 2. The lowest BCUT2D eigenvalue weighted by atomic mass is 10.1. The van der Waals surface area contributed by atoms with Gasteiger partial charge in [-0.3, -0.25) is 0 Å². The van der Waals surface area contributed by atoms with Gasteiger partial charge in [0.1, 0.15) is 0 Å². The average molecular weight is 207 g/mol. The fraction of sp³-hybridized carbons (Fsp3) is 0.750. The number of nitrogens with one attached hydrogen (secondary N) is 1. The summed E-state index contributed by atoms with van der Waals surface area (Å²) in [5.41, 5.74) is 1.39. The van der Waals surface area contributed by atoms with Crippen molar-refractivity contribution in [3.8, 4) is 0 Å². The highest BCUT2D eigenvalue weighted by Gasteiger charge is 2.14. The van der Waals surface area contributed by atoms with Crippen LogP contribution in [0.5, 0.6) is 0 Å². The predicted molar refractivity (Wildman–Crippen MR) is 61.8 cm³/mol. The summed E-state index contributed by atoms with van der Waals surface area (Å²) in [6.45, 7) is 5.77.